The molecule has 3 aromatic carbocycles. The van der Waals surface area contributed by atoms with E-state index in [2.05, 4.69) is 36.5 Å². The van der Waals surface area contributed by atoms with Crippen molar-refractivity contribution in [2.75, 3.05) is 6.26 Å². The fourth-order valence-electron chi connectivity index (χ4n) is 2.80. The second kappa shape index (κ2) is 8.04. The SMILES string of the molecule is CSc1ccccc1C(=O)NC(c1ccccc1)c1ccc(C)cc1. The third-order valence-electron chi connectivity index (χ3n) is 4.17. The zero-order chi connectivity index (χ0) is 17.6. The number of thioether (sulfide) groups is 1. The van der Waals surface area contributed by atoms with Crippen molar-refractivity contribution < 1.29 is 4.79 Å². The average Bonchev–Trinajstić information content (AvgIpc) is 2.67. The third kappa shape index (κ3) is 4.12. The number of benzene rings is 3. The van der Waals surface area contributed by atoms with Crippen molar-refractivity contribution >= 4 is 17.7 Å². The topological polar surface area (TPSA) is 29.1 Å². The van der Waals surface area contributed by atoms with Gasteiger partial charge in [0, 0.05) is 4.90 Å². The van der Waals surface area contributed by atoms with E-state index in [1.807, 2.05) is 60.9 Å². The Kier molecular flexibility index (Phi) is 5.56. The van der Waals surface area contributed by atoms with E-state index in [4.69, 9.17) is 0 Å². The molecule has 25 heavy (non-hydrogen) atoms. The molecule has 3 heteroatoms. The molecule has 0 fully saturated rings. The predicted molar refractivity (Wildman–Crippen MR) is 105 cm³/mol. The Morgan fingerprint density at radius 2 is 1.44 bits per heavy atom. The summed E-state index contributed by atoms with van der Waals surface area (Å²) in [5, 5.41) is 3.21. The number of aryl methyl sites for hydroxylation is 1. The van der Waals surface area contributed by atoms with Gasteiger partial charge in [0.15, 0.2) is 0 Å². The van der Waals surface area contributed by atoms with Crippen molar-refractivity contribution in [2.24, 2.45) is 0 Å². The van der Waals surface area contributed by atoms with Crippen molar-refractivity contribution in [3.8, 4) is 0 Å². The predicted octanol–water partition coefficient (Wildman–Crippen LogP) is 5.24. The molecule has 0 saturated carbocycles. The molecule has 0 aliphatic heterocycles. The van der Waals surface area contributed by atoms with Gasteiger partial charge in [0.2, 0.25) is 0 Å². The minimum absolute atomic E-state index is 0.0561. The molecule has 3 rings (SSSR count). The van der Waals surface area contributed by atoms with E-state index in [0.717, 1.165) is 16.0 Å². The van der Waals surface area contributed by atoms with Crippen LogP contribution in [0, 0.1) is 6.92 Å². The molecule has 1 unspecified atom stereocenters. The van der Waals surface area contributed by atoms with Gasteiger partial charge in [-0.2, -0.15) is 0 Å². The van der Waals surface area contributed by atoms with Crippen molar-refractivity contribution in [3.63, 3.8) is 0 Å². The van der Waals surface area contributed by atoms with E-state index in [1.54, 1.807) is 11.8 Å². The minimum Gasteiger partial charge on any atom is -0.341 e. The Balaban J connectivity index is 1.95. The maximum absolute atomic E-state index is 12.9. The highest BCUT2D eigenvalue weighted by Gasteiger charge is 2.19. The van der Waals surface area contributed by atoms with Crippen LogP contribution in [0.15, 0.2) is 83.8 Å². The first-order valence-corrected chi connectivity index (χ1v) is 9.47. The van der Waals surface area contributed by atoms with E-state index < -0.39 is 0 Å². The van der Waals surface area contributed by atoms with Gasteiger partial charge in [0.25, 0.3) is 5.91 Å². The van der Waals surface area contributed by atoms with Crippen LogP contribution < -0.4 is 5.32 Å². The molecule has 0 bridgehead atoms. The van der Waals surface area contributed by atoms with Crippen LogP contribution >= 0.6 is 11.8 Å². The van der Waals surface area contributed by atoms with Crippen molar-refractivity contribution in [3.05, 3.63) is 101 Å². The lowest BCUT2D eigenvalue weighted by Gasteiger charge is -2.21. The van der Waals surface area contributed by atoms with E-state index in [0.29, 0.717) is 5.56 Å². The lowest BCUT2D eigenvalue weighted by atomic mass is 9.97. The van der Waals surface area contributed by atoms with Gasteiger partial charge in [-0.3, -0.25) is 4.79 Å². The normalized spacial score (nSPS) is 11.8. The summed E-state index contributed by atoms with van der Waals surface area (Å²) in [6, 6.07) is 25.9. The summed E-state index contributed by atoms with van der Waals surface area (Å²) in [5.74, 6) is -0.0561. The fraction of sp³-hybridized carbons (Fsp3) is 0.136. The van der Waals surface area contributed by atoms with Crippen LogP contribution in [0.25, 0.3) is 0 Å². The highest BCUT2D eigenvalue weighted by Crippen LogP contribution is 2.25. The van der Waals surface area contributed by atoms with Crippen LogP contribution in [-0.4, -0.2) is 12.2 Å². The first-order valence-electron chi connectivity index (χ1n) is 8.24. The lowest BCUT2D eigenvalue weighted by Crippen LogP contribution is -2.29. The van der Waals surface area contributed by atoms with Gasteiger partial charge < -0.3 is 5.32 Å². The van der Waals surface area contributed by atoms with Gasteiger partial charge in [-0.15, -0.1) is 11.8 Å². The molecule has 0 aliphatic rings. The molecule has 0 aromatic heterocycles. The monoisotopic (exact) mass is 347 g/mol. The van der Waals surface area contributed by atoms with E-state index in [1.165, 1.54) is 5.56 Å². The van der Waals surface area contributed by atoms with Gasteiger partial charge in [0.1, 0.15) is 0 Å². The fourth-order valence-corrected chi connectivity index (χ4v) is 3.40. The van der Waals surface area contributed by atoms with Crippen LogP contribution in [0.1, 0.15) is 33.1 Å². The second-order valence-corrected chi connectivity index (χ2v) is 6.78. The molecule has 126 valence electrons. The standard InChI is InChI=1S/C22H21NOS/c1-16-12-14-18(15-13-16)21(17-8-4-3-5-9-17)23-22(24)19-10-6-7-11-20(19)25-2/h3-15,21H,1-2H3,(H,23,24). The van der Waals surface area contributed by atoms with Gasteiger partial charge in [0.05, 0.1) is 11.6 Å². The van der Waals surface area contributed by atoms with Crippen molar-refractivity contribution in [1.29, 1.82) is 0 Å². The molecule has 1 N–H and O–H groups in total. The average molecular weight is 347 g/mol. The quantitative estimate of drug-likeness (QED) is 0.640. The molecule has 0 saturated heterocycles. The highest BCUT2D eigenvalue weighted by atomic mass is 32.2. The van der Waals surface area contributed by atoms with Crippen molar-refractivity contribution in [1.82, 2.24) is 5.32 Å². The number of carbonyl (C=O) groups is 1. The number of carbonyl (C=O) groups excluding carboxylic acids is 1. The Morgan fingerprint density at radius 3 is 2.12 bits per heavy atom. The number of hydrogen-bond acceptors (Lipinski definition) is 2. The van der Waals surface area contributed by atoms with Crippen LogP contribution in [0.2, 0.25) is 0 Å². The van der Waals surface area contributed by atoms with Crippen LogP contribution in [0.5, 0.6) is 0 Å². The maximum atomic E-state index is 12.9. The Hall–Kier alpha value is -2.52. The minimum atomic E-state index is -0.177. The largest absolute Gasteiger partial charge is 0.341 e. The summed E-state index contributed by atoms with van der Waals surface area (Å²) in [7, 11) is 0. The summed E-state index contributed by atoms with van der Waals surface area (Å²) in [6.07, 6.45) is 1.99. The molecule has 2 nitrogen and oxygen atoms in total. The number of nitrogens with one attached hydrogen (secondary N) is 1. The molecule has 3 aromatic rings. The van der Waals surface area contributed by atoms with E-state index >= 15 is 0 Å². The molecule has 1 amide bonds. The summed E-state index contributed by atoms with van der Waals surface area (Å²) >= 11 is 1.58. The zero-order valence-corrected chi connectivity index (χ0v) is 15.2. The lowest BCUT2D eigenvalue weighted by molar-refractivity contribution is 0.0940. The second-order valence-electron chi connectivity index (χ2n) is 5.93. The van der Waals surface area contributed by atoms with Gasteiger partial charge >= 0.3 is 0 Å². The Bertz CT molecular complexity index is 843. The molecule has 0 aliphatic carbocycles. The Morgan fingerprint density at radius 1 is 0.840 bits per heavy atom. The molecule has 1 atom stereocenters. The Labute approximate surface area is 153 Å². The first kappa shape index (κ1) is 17.3. The number of rotatable bonds is 5. The van der Waals surface area contributed by atoms with Crippen LogP contribution in [0.3, 0.4) is 0 Å². The molecule has 0 radical (unpaired) electrons. The van der Waals surface area contributed by atoms with E-state index in [9.17, 15) is 4.79 Å². The zero-order valence-electron chi connectivity index (χ0n) is 14.4. The summed E-state index contributed by atoms with van der Waals surface area (Å²) < 4.78 is 0. The first-order chi connectivity index (χ1) is 12.2. The van der Waals surface area contributed by atoms with Crippen LogP contribution in [-0.2, 0) is 0 Å². The highest BCUT2D eigenvalue weighted by molar-refractivity contribution is 7.98. The summed E-state index contributed by atoms with van der Waals surface area (Å²) in [6.45, 7) is 2.06. The number of hydrogen-bond donors (Lipinski definition) is 1. The maximum Gasteiger partial charge on any atom is 0.253 e. The number of amides is 1. The molecular weight excluding hydrogens is 326 g/mol. The third-order valence-corrected chi connectivity index (χ3v) is 4.97. The molecule has 0 spiro atoms. The van der Waals surface area contributed by atoms with E-state index in [-0.39, 0.29) is 11.9 Å². The molecule has 0 heterocycles. The molecular formula is C22H21NOS. The summed E-state index contributed by atoms with van der Waals surface area (Å²) in [5.41, 5.74) is 4.06. The van der Waals surface area contributed by atoms with Gasteiger partial charge in [-0.25, -0.2) is 0 Å². The van der Waals surface area contributed by atoms with Crippen molar-refractivity contribution in [2.45, 2.75) is 17.9 Å². The van der Waals surface area contributed by atoms with Gasteiger partial charge in [-0.05, 0) is 36.4 Å². The van der Waals surface area contributed by atoms with Crippen LogP contribution in [0.4, 0.5) is 0 Å². The van der Waals surface area contributed by atoms with Gasteiger partial charge in [-0.1, -0.05) is 72.3 Å². The summed E-state index contributed by atoms with van der Waals surface area (Å²) in [4.78, 5) is 13.9. The smallest absolute Gasteiger partial charge is 0.253 e.